The average Bonchev–Trinajstić information content (AvgIpc) is 2.69. The van der Waals surface area contributed by atoms with Crippen molar-refractivity contribution in [1.82, 2.24) is 9.97 Å². The summed E-state index contributed by atoms with van der Waals surface area (Å²) in [6.07, 6.45) is 1.59. The van der Waals surface area contributed by atoms with Gasteiger partial charge in [0.25, 0.3) is 0 Å². The first-order valence-electron chi connectivity index (χ1n) is 9.19. The fourth-order valence-corrected chi connectivity index (χ4v) is 2.83. The third-order valence-corrected chi connectivity index (χ3v) is 3.99. The molecule has 7 heteroatoms. The second-order valence-electron chi connectivity index (χ2n) is 6.56. The largest absolute Gasteiger partial charge is 0.489 e. The highest BCUT2D eigenvalue weighted by Crippen LogP contribution is 2.34. The van der Waals surface area contributed by atoms with Crippen molar-refractivity contribution in [3.63, 3.8) is 0 Å². The van der Waals surface area contributed by atoms with Gasteiger partial charge >= 0.3 is 0 Å². The highest BCUT2D eigenvalue weighted by Gasteiger charge is 2.12. The lowest BCUT2D eigenvalue weighted by Gasteiger charge is -2.19. The lowest BCUT2D eigenvalue weighted by atomic mass is 10.2. The van der Waals surface area contributed by atoms with Gasteiger partial charge in [0, 0.05) is 17.8 Å². The van der Waals surface area contributed by atoms with Crippen LogP contribution in [0.25, 0.3) is 0 Å². The third-order valence-electron chi connectivity index (χ3n) is 3.99. The SMILES string of the molecule is CC(C)Oc1ccccc1Nc1cc(Nc2ccc3c(c2)OCCO3)ncn1. The molecule has 1 aliphatic heterocycles. The standard InChI is InChI=1S/C21H22N4O3/c1-14(2)28-17-6-4-3-5-16(17)25-21-12-20(22-13-23-21)24-15-7-8-18-19(11-15)27-10-9-26-18/h3-8,11-14H,9-10H2,1-2H3,(H2,22,23,24,25). The molecular formula is C21H22N4O3. The molecule has 2 N–H and O–H groups in total. The summed E-state index contributed by atoms with van der Waals surface area (Å²) in [5.74, 6) is 3.58. The van der Waals surface area contributed by atoms with Gasteiger partial charge in [-0.2, -0.15) is 0 Å². The minimum absolute atomic E-state index is 0.0841. The van der Waals surface area contributed by atoms with Gasteiger partial charge in [-0.15, -0.1) is 0 Å². The Morgan fingerprint density at radius 2 is 1.64 bits per heavy atom. The van der Waals surface area contributed by atoms with E-state index in [0.717, 1.165) is 28.6 Å². The summed E-state index contributed by atoms with van der Waals surface area (Å²) in [4.78, 5) is 8.60. The fraction of sp³-hybridized carbons (Fsp3) is 0.238. The summed E-state index contributed by atoms with van der Waals surface area (Å²) in [5.41, 5.74) is 1.71. The lowest BCUT2D eigenvalue weighted by Crippen LogP contribution is -2.15. The van der Waals surface area contributed by atoms with E-state index in [-0.39, 0.29) is 6.10 Å². The predicted octanol–water partition coefficient (Wildman–Crippen LogP) is 4.52. The Balaban J connectivity index is 1.51. The lowest BCUT2D eigenvalue weighted by molar-refractivity contribution is 0.171. The van der Waals surface area contributed by atoms with Gasteiger partial charge in [0.2, 0.25) is 0 Å². The molecule has 28 heavy (non-hydrogen) atoms. The second kappa shape index (κ2) is 8.04. The molecule has 0 saturated heterocycles. The Morgan fingerprint density at radius 3 is 2.46 bits per heavy atom. The van der Waals surface area contributed by atoms with Crippen LogP contribution >= 0.6 is 0 Å². The Morgan fingerprint density at radius 1 is 0.893 bits per heavy atom. The monoisotopic (exact) mass is 378 g/mol. The molecule has 0 amide bonds. The predicted molar refractivity (Wildman–Crippen MR) is 108 cm³/mol. The van der Waals surface area contributed by atoms with Crippen molar-refractivity contribution >= 4 is 23.0 Å². The van der Waals surface area contributed by atoms with Gasteiger partial charge < -0.3 is 24.8 Å². The molecule has 3 aromatic rings. The van der Waals surface area contributed by atoms with E-state index in [1.165, 1.54) is 6.33 Å². The quantitative estimate of drug-likeness (QED) is 0.653. The Kier molecular flexibility index (Phi) is 5.14. The van der Waals surface area contributed by atoms with E-state index in [2.05, 4.69) is 20.6 Å². The maximum Gasteiger partial charge on any atom is 0.163 e. The maximum absolute atomic E-state index is 5.85. The number of rotatable bonds is 6. The molecule has 1 aromatic heterocycles. The molecule has 0 aliphatic carbocycles. The fourth-order valence-electron chi connectivity index (χ4n) is 2.83. The number of anilines is 4. The number of hydrogen-bond acceptors (Lipinski definition) is 7. The van der Waals surface area contributed by atoms with Gasteiger partial charge in [0.05, 0.1) is 11.8 Å². The molecule has 0 spiro atoms. The van der Waals surface area contributed by atoms with Crippen LogP contribution in [0.5, 0.6) is 17.2 Å². The van der Waals surface area contributed by atoms with E-state index < -0.39 is 0 Å². The minimum atomic E-state index is 0.0841. The van der Waals surface area contributed by atoms with Gasteiger partial charge in [-0.3, -0.25) is 0 Å². The summed E-state index contributed by atoms with van der Waals surface area (Å²) < 4.78 is 17.0. The summed E-state index contributed by atoms with van der Waals surface area (Å²) in [6, 6.07) is 15.3. The van der Waals surface area contributed by atoms with Crippen LogP contribution in [0.1, 0.15) is 13.8 Å². The molecule has 144 valence electrons. The first-order chi connectivity index (χ1) is 13.7. The van der Waals surface area contributed by atoms with Crippen LogP contribution in [-0.4, -0.2) is 29.3 Å². The van der Waals surface area contributed by atoms with Crippen molar-refractivity contribution in [1.29, 1.82) is 0 Å². The maximum atomic E-state index is 5.85. The van der Waals surface area contributed by atoms with Crippen LogP contribution in [-0.2, 0) is 0 Å². The van der Waals surface area contributed by atoms with E-state index in [9.17, 15) is 0 Å². The molecule has 4 rings (SSSR count). The minimum Gasteiger partial charge on any atom is -0.489 e. The van der Waals surface area contributed by atoms with Crippen LogP contribution < -0.4 is 24.8 Å². The van der Waals surface area contributed by atoms with Crippen LogP contribution in [0.4, 0.5) is 23.0 Å². The first kappa shape index (κ1) is 17.9. The summed E-state index contributed by atoms with van der Waals surface area (Å²) in [5, 5.41) is 6.56. The number of hydrogen-bond donors (Lipinski definition) is 2. The molecule has 0 unspecified atom stereocenters. The van der Waals surface area contributed by atoms with E-state index >= 15 is 0 Å². The van der Waals surface area contributed by atoms with E-state index in [1.807, 2.05) is 62.4 Å². The summed E-state index contributed by atoms with van der Waals surface area (Å²) in [7, 11) is 0. The van der Waals surface area contributed by atoms with Crippen LogP contribution in [0.15, 0.2) is 54.9 Å². The molecule has 7 nitrogen and oxygen atoms in total. The van der Waals surface area contributed by atoms with Crippen LogP contribution in [0.2, 0.25) is 0 Å². The molecule has 0 radical (unpaired) electrons. The number of nitrogens with one attached hydrogen (secondary N) is 2. The average molecular weight is 378 g/mol. The van der Waals surface area contributed by atoms with Gasteiger partial charge in [-0.1, -0.05) is 12.1 Å². The van der Waals surface area contributed by atoms with Crippen molar-refractivity contribution in [3.05, 3.63) is 54.9 Å². The van der Waals surface area contributed by atoms with Crippen molar-refractivity contribution in [2.45, 2.75) is 20.0 Å². The van der Waals surface area contributed by atoms with Gasteiger partial charge in [0.15, 0.2) is 11.5 Å². The van der Waals surface area contributed by atoms with Crippen LogP contribution in [0.3, 0.4) is 0 Å². The highest BCUT2D eigenvalue weighted by atomic mass is 16.6. The molecule has 0 atom stereocenters. The Labute approximate surface area is 163 Å². The smallest absolute Gasteiger partial charge is 0.163 e. The molecule has 2 heterocycles. The summed E-state index contributed by atoms with van der Waals surface area (Å²) in [6.45, 7) is 5.12. The summed E-state index contributed by atoms with van der Waals surface area (Å²) >= 11 is 0. The number of ether oxygens (including phenoxy) is 3. The van der Waals surface area contributed by atoms with E-state index in [1.54, 1.807) is 0 Å². The molecule has 0 bridgehead atoms. The Hall–Kier alpha value is -3.48. The van der Waals surface area contributed by atoms with Gasteiger partial charge in [-0.05, 0) is 38.1 Å². The molecular weight excluding hydrogens is 356 g/mol. The number of benzene rings is 2. The molecule has 0 fully saturated rings. The number of nitrogens with zero attached hydrogens (tertiary/aromatic N) is 2. The third kappa shape index (κ3) is 4.25. The first-order valence-corrected chi connectivity index (χ1v) is 9.19. The highest BCUT2D eigenvalue weighted by molar-refractivity contribution is 5.67. The molecule has 1 aliphatic rings. The molecule has 2 aromatic carbocycles. The van der Waals surface area contributed by atoms with Crippen LogP contribution in [0, 0.1) is 0 Å². The zero-order valence-electron chi connectivity index (χ0n) is 15.8. The molecule has 0 saturated carbocycles. The van der Waals surface area contributed by atoms with Crippen molar-refractivity contribution in [2.75, 3.05) is 23.8 Å². The normalized spacial score (nSPS) is 12.5. The van der Waals surface area contributed by atoms with Crippen molar-refractivity contribution < 1.29 is 14.2 Å². The van der Waals surface area contributed by atoms with Gasteiger partial charge in [0.1, 0.15) is 36.9 Å². The topological polar surface area (TPSA) is 77.5 Å². The van der Waals surface area contributed by atoms with E-state index in [0.29, 0.717) is 24.8 Å². The van der Waals surface area contributed by atoms with Gasteiger partial charge in [-0.25, -0.2) is 9.97 Å². The second-order valence-corrected chi connectivity index (χ2v) is 6.56. The zero-order chi connectivity index (χ0) is 19.3. The van der Waals surface area contributed by atoms with E-state index in [4.69, 9.17) is 14.2 Å². The number of aromatic nitrogens is 2. The Bertz CT molecular complexity index is 962. The number of fused-ring (bicyclic) bond motifs is 1. The van der Waals surface area contributed by atoms with Crippen molar-refractivity contribution in [3.8, 4) is 17.2 Å². The van der Waals surface area contributed by atoms with Crippen molar-refractivity contribution in [2.24, 2.45) is 0 Å². The number of para-hydroxylation sites is 2. The zero-order valence-corrected chi connectivity index (χ0v) is 15.8.